The second-order valence-electron chi connectivity index (χ2n) is 4.28. The first-order valence-corrected chi connectivity index (χ1v) is 6.88. The van der Waals surface area contributed by atoms with E-state index >= 15 is 0 Å². The molecule has 1 fully saturated rings. The number of aromatic nitrogens is 1. The summed E-state index contributed by atoms with van der Waals surface area (Å²) < 4.78 is 43.9. The van der Waals surface area contributed by atoms with Crippen LogP contribution in [-0.4, -0.2) is 36.1 Å². The number of alkyl halides is 3. The number of likely N-dealkylation sites (N-methyl/N-ethyl adjacent to an activating group) is 1. The second-order valence-corrected chi connectivity index (χ2v) is 5.39. The number of morpholine rings is 1. The molecule has 1 aliphatic heterocycles. The third kappa shape index (κ3) is 3.25. The van der Waals surface area contributed by atoms with Crippen molar-refractivity contribution in [3.05, 3.63) is 15.6 Å². The summed E-state index contributed by atoms with van der Waals surface area (Å²) in [7, 11) is 0. The van der Waals surface area contributed by atoms with Crippen molar-refractivity contribution in [2.45, 2.75) is 25.7 Å². The van der Waals surface area contributed by atoms with Gasteiger partial charge in [0.25, 0.3) is 0 Å². The van der Waals surface area contributed by atoms with Gasteiger partial charge in [0.15, 0.2) is 5.69 Å². The Morgan fingerprint density at radius 1 is 1.53 bits per heavy atom. The maximum atomic E-state index is 12.8. The van der Waals surface area contributed by atoms with E-state index in [1.807, 2.05) is 6.92 Å². The zero-order chi connectivity index (χ0) is 14.0. The molecule has 0 aromatic carbocycles. The molecule has 1 aromatic heterocycles. The van der Waals surface area contributed by atoms with Crippen molar-refractivity contribution in [2.24, 2.45) is 5.73 Å². The van der Waals surface area contributed by atoms with Crippen LogP contribution in [0.15, 0.2) is 0 Å². The van der Waals surface area contributed by atoms with Crippen molar-refractivity contribution >= 4 is 11.3 Å². The molecule has 0 bridgehead atoms. The van der Waals surface area contributed by atoms with Gasteiger partial charge in [-0.3, -0.25) is 4.90 Å². The first-order valence-electron chi connectivity index (χ1n) is 6.06. The van der Waals surface area contributed by atoms with Crippen LogP contribution in [0.1, 0.15) is 28.6 Å². The summed E-state index contributed by atoms with van der Waals surface area (Å²) in [6, 6.07) is 0. The van der Waals surface area contributed by atoms with Crippen LogP contribution >= 0.6 is 11.3 Å². The van der Waals surface area contributed by atoms with Gasteiger partial charge >= 0.3 is 6.18 Å². The molecular weight excluding hydrogens is 279 g/mol. The van der Waals surface area contributed by atoms with Crippen molar-refractivity contribution in [1.29, 1.82) is 0 Å². The van der Waals surface area contributed by atoms with Gasteiger partial charge in [-0.1, -0.05) is 6.92 Å². The molecule has 1 atom stereocenters. The van der Waals surface area contributed by atoms with Gasteiger partial charge in [0.05, 0.1) is 11.5 Å². The molecule has 8 heteroatoms. The minimum Gasteiger partial charge on any atom is -0.368 e. The van der Waals surface area contributed by atoms with Gasteiger partial charge in [-0.25, -0.2) is 4.98 Å². The molecule has 1 saturated heterocycles. The van der Waals surface area contributed by atoms with Crippen LogP contribution in [-0.2, 0) is 17.5 Å². The van der Waals surface area contributed by atoms with E-state index in [-0.39, 0.29) is 17.5 Å². The van der Waals surface area contributed by atoms with E-state index in [0.29, 0.717) is 18.2 Å². The lowest BCUT2D eigenvalue weighted by Crippen LogP contribution is -2.38. The minimum atomic E-state index is -4.46. The topological polar surface area (TPSA) is 51.4 Å². The Morgan fingerprint density at radius 3 is 2.79 bits per heavy atom. The molecular formula is C11H16F3N3OS. The standard InChI is InChI=1S/C11H16F3N3OS/c1-2-17-3-4-18-7(6-17)10-16-9(11(12,13)14)8(5-15)19-10/h7H,2-6,15H2,1H3. The van der Waals surface area contributed by atoms with Gasteiger partial charge in [0, 0.05) is 19.6 Å². The molecule has 0 radical (unpaired) electrons. The van der Waals surface area contributed by atoms with E-state index in [1.165, 1.54) is 0 Å². The van der Waals surface area contributed by atoms with Gasteiger partial charge in [-0.2, -0.15) is 13.2 Å². The maximum absolute atomic E-state index is 12.8. The molecule has 2 heterocycles. The lowest BCUT2D eigenvalue weighted by atomic mass is 10.3. The zero-order valence-corrected chi connectivity index (χ0v) is 11.4. The number of hydrogen-bond acceptors (Lipinski definition) is 5. The molecule has 19 heavy (non-hydrogen) atoms. The quantitative estimate of drug-likeness (QED) is 0.927. The van der Waals surface area contributed by atoms with Crippen molar-refractivity contribution in [3.63, 3.8) is 0 Å². The van der Waals surface area contributed by atoms with E-state index < -0.39 is 11.9 Å². The van der Waals surface area contributed by atoms with Gasteiger partial charge in [0.1, 0.15) is 11.1 Å². The molecule has 0 amide bonds. The first-order chi connectivity index (χ1) is 8.95. The predicted octanol–water partition coefficient (Wildman–Crippen LogP) is 2.01. The predicted molar refractivity (Wildman–Crippen MR) is 65.8 cm³/mol. The highest BCUT2D eigenvalue weighted by Gasteiger charge is 2.38. The van der Waals surface area contributed by atoms with Crippen LogP contribution in [0.5, 0.6) is 0 Å². The molecule has 0 spiro atoms. The third-order valence-electron chi connectivity index (χ3n) is 3.04. The molecule has 108 valence electrons. The summed E-state index contributed by atoms with van der Waals surface area (Å²) >= 11 is 0.998. The number of nitrogens with two attached hydrogens (primary N) is 1. The summed E-state index contributed by atoms with van der Waals surface area (Å²) in [5, 5.41) is 0.367. The fraction of sp³-hybridized carbons (Fsp3) is 0.727. The molecule has 1 unspecified atom stereocenters. The highest BCUT2D eigenvalue weighted by Crippen LogP contribution is 2.37. The Morgan fingerprint density at radius 2 is 2.26 bits per heavy atom. The molecule has 4 nitrogen and oxygen atoms in total. The van der Waals surface area contributed by atoms with E-state index in [2.05, 4.69) is 9.88 Å². The summed E-state index contributed by atoms with van der Waals surface area (Å²) in [6.07, 6.45) is -4.84. The smallest absolute Gasteiger partial charge is 0.368 e. The fourth-order valence-corrected chi connectivity index (χ4v) is 3.01. The second kappa shape index (κ2) is 5.74. The number of nitrogens with zero attached hydrogens (tertiary/aromatic N) is 2. The maximum Gasteiger partial charge on any atom is 0.434 e. The van der Waals surface area contributed by atoms with Crippen LogP contribution in [0.3, 0.4) is 0 Å². The van der Waals surface area contributed by atoms with Crippen molar-refractivity contribution in [3.8, 4) is 0 Å². The lowest BCUT2D eigenvalue weighted by Gasteiger charge is -2.30. The monoisotopic (exact) mass is 295 g/mol. The third-order valence-corrected chi connectivity index (χ3v) is 4.21. The van der Waals surface area contributed by atoms with E-state index in [4.69, 9.17) is 10.5 Å². The molecule has 1 aliphatic rings. The Bertz CT molecular complexity index is 435. The Balaban J connectivity index is 2.23. The Kier molecular flexibility index (Phi) is 4.44. The molecule has 2 N–H and O–H groups in total. The number of thiazole rings is 1. The van der Waals surface area contributed by atoms with Crippen LogP contribution in [0, 0.1) is 0 Å². The number of rotatable bonds is 3. The van der Waals surface area contributed by atoms with Crippen LogP contribution < -0.4 is 5.73 Å². The SMILES string of the molecule is CCN1CCOC(c2nc(C(F)(F)F)c(CN)s2)C1. The van der Waals surface area contributed by atoms with Crippen LogP contribution in [0.4, 0.5) is 13.2 Å². The number of hydrogen-bond donors (Lipinski definition) is 1. The van der Waals surface area contributed by atoms with Crippen molar-refractivity contribution < 1.29 is 17.9 Å². The molecule has 0 aliphatic carbocycles. The number of halogens is 3. The van der Waals surface area contributed by atoms with Gasteiger partial charge in [-0.05, 0) is 6.54 Å². The summed E-state index contributed by atoms with van der Waals surface area (Å²) in [6.45, 7) is 4.59. The van der Waals surface area contributed by atoms with Crippen molar-refractivity contribution in [2.75, 3.05) is 26.2 Å². The molecule has 1 aromatic rings. The van der Waals surface area contributed by atoms with Crippen LogP contribution in [0.25, 0.3) is 0 Å². The molecule has 2 rings (SSSR count). The van der Waals surface area contributed by atoms with Gasteiger partial charge in [0.2, 0.25) is 0 Å². The highest BCUT2D eigenvalue weighted by molar-refractivity contribution is 7.11. The fourth-order valence-electron chi connectivity index (χ4n) is 2.01. The average Bonchev–Trinajstić information content (AvgIpc) is 2.83. The Hall–Kier alpha value is -0.700. The minimum absolute atomic E-state index is 0.0692. The van der Waals surface area contributed by atoms with Gasteiger partial charge in [-0.15, -0.1) is 11.3 Å². The normalized spacial score (nSPS) is 21.8. The number of ether oxygens (including phenoxy) is 1. The zero-order valence-electron chi connectivity index (χ0n) is 10.5. The first kappa shape index (κ1) is 14.7. The lowest BCUT2D eigenvalue weighted by molar-refractivity contribution is -0.141. The summed E-state index contributed by atoms with van der Waals surface area (Å²) in [4.78, 5) is 5.91. The van der Waals surface area contributed by atoms with E-state index in [9.17, 15) is 13.2 Å². The van der Waals surface area contributed by atoms with E-state index in [0.717, 1.165) is 24.4 Å². The van der Waals surface area contributed by atoms with Crippen molar-refractivity contribution in [1.82, 2.24) is 9.88 Å². The largest absolute Gasteiger partial charge is 0.434 e. The summed E-state index contributed by atoms with van der Waals surface area (Å²) in [5.41, 5.74) is 4.49. The highest BCUT2D eigenvalue weighted by atomic mass is 32.1. The Labute approximate surface area is 113 Å². The summed E-state index contributed by atoms with van der Waals surface area (Å²) in [5.74, 6) is 0. The van der Waals surface area contributed by atoms with Gasteiger partial charge < -0.3 is 10.5 Å². The molecule has 0 saturated carbocycles. The van der Waals surface area contributed by atoms with E-state index in [1.54, 1.807) is 0 Å². The average molecular weight is 295 g/mol. The van der Waals surface area contributed by atoms with Crippen LogP contribution in [0.2, 0.25) is 0 Å².